The van der Waals surface area contributed by atoms with Gasteiger partial charge in [0.2, 0.25) is 5.89 Å². The van der Waals surface area contributed by atoms with Gasteiger partial charge in [-0.2, -0.15) is 4.98 Å². The molecule has 1 N–H and O–H groups in total. The molecule has 1 aliphatic rings. The number of aromatic amines is 1. The fraction of sp³-hybridized carbons (Fsp3) is 0.421. The van der Waals surface area contributed by atoms with Crippen molar-refractivity contribution in [3.63, 3.8) is 0 Å². The number of fused-ring (bicyclic) bond motifs is 1. The largest absolute Gasteiger partial charge is 0.351 e. The van der Waals surface area contributed by atoms with Gasteiger partial charge in [0.25, 0.3) is 5.91 Å². The Balaban J connectivity index is 1.59. The number of carbonyl (C=O) groups excluding carboxylic acids is 1. The number of hydrogen-bond donors (Lipinski definition) is 1. The maximum Gasteiger partial charge on any atom is 0.270 e. The third kappa shape index (κ3) is 2.92. The lowest BCUT2D eigenvalue weighted by Crippen LogP contribution is -2.39. The number of rotatable bonds is 2. The molecule has 6 heteroatoms. The topological polar surface area (TPSA) is 75.0 Å². The summed E-state index contributed by atoms with van der Waals surface area (Å²) in [4.78, 5) is 22.5. The van der Waals surface area contributed by atoms with Crippen molar-refractivity contribution < 1.29 is 9.32 Å². The molecular weight excluding hydrogens is 316 g/mol. The van der Waals surface area contributed by atoms with Crippen LogP contribution in [0.5, 0.6) is 0 Å². The summed E-state index contributed by atoms with van der Waals surface area (Å²) in [6.07, 6.45) is 1.93. The second kappa shape index (κ2) is 6.02. The number of amides is 1. The molecule has 1 aromatic carbocycles. The van der Waals surface area contributed by atoms with Crippen molar-refractivity contribution >= 4 is 16.8 Å². The van der Waals surface area contributed by atoms with Crippen molar-refractivity contribution in [1.82, 2.24) is 20.0 Å². The number of aryl methyl sites for hydroxylation is 3. The summed E-state index contributed by atoms with van der Waals surface area (Å²) in [7, 11) is 0. The molecule has 3 heterocycles. The van der Waals surface area contributed by atoms with Gasteiger partial charge in [0.1, 0.15) is 5.69 Å². The van der Waals surface area contributed by atoms with Crippen molar-refractivity contribution in [2.45, 2.75) is 39.5 Å². The van der Waals surface area contributed by atoms with Crippen molar-refractivity contribution in [2.24, 2.45) is 0 Å². The van der Waals surface area contributed by atoms with E-state index in [9.17, 15) is 4.79 Å². The molecule has 1 aliphatic heterocycles. The molecule has 6 nitrogen and oxygen atoms in total. The van der Waals surface area contributed by atoms with E-state index in [1.54, 1.807) is 6.92 Å². The Morgan fingerprint density at radius 3 is 2.88 bits per heavy atom. The predicted octanol–water partition coefficient (Wildman–Crippen LogP) is 3.50. The van der Waals surface area contributed by atoms with E-state index in [0.717, 1.165) is 30.3 Å². The Morgan fingerprint density at radius 1 is 1.28 bits per heavy atom. The first kappa shape index (κ1) is 15.9. The van der Waals surface area contributed by atoms with Crippen LogP contribution in [0.2, 0.25) is 0 Å². The van der Waals surface area contributed by atoms with Crippen molar-refractivity contribution in [3.05, 3.63) is 46.7 Å². The highest BCUT2D eigenvalue weighted by Gasteiger charge is 2.29. The molecule has 130 valence electrons. The van der Waals surface area contributed by atoms with Crippen LogP contribution < -0.4 is 0 Å². The fourth-order valence-electron chi connectivity index (χ4n) is 3.74. The second-order valence-corrected chi connectivity index (χ2v) is 6.99. The maximum atomic E-state index is 13.0. The lowest BCUT2D eigenvalue weighted by Gasteiger charge is -2.30. The molecular formula is C19H22N4O2. The van der Waals surface area contributed by atoms with Gasteiger partial charge in [-0.1, -0.05) is 11.2 Å². The zero-order chi connectivity index (χ0) is 17.6. The molecule has 0 spiro atoms. The summed E-state index contributed by atoms with van der Waals surface area (Å²) in [6, 6.07) is 6.19. The molecule has 4 rings (SSSR count). The summed E-state index contributed by atoms with van der Waals surface area (Å²) in [5.41, 5.74) is 4.04. The van der Waals surface area contributed by atoms with Crippen LogP contribution in [-0.4, -0.2) is 39.0 Å². The van der Waals surface area contributed by atoms with Gasteiger partial charge in [-0.15, -0.1) is 0 Å². The lowest BCUT2D eigenvalue weighted by molar-refractivity contribution is 0.0698. The Morgan fingerprint density at radius 2 is 2.12 bits per heavy atom. The van der Waals surface area contributed by atoms with Crippen molar-refractivity contribution in [2.75, 3.05) is 13.1 Å². The van der Waals surface area contributed by atoms with Gasteiger partial charge in [0, 0.05) is 36.8 Å². The van der Waals surface area contributed by atoms with Gasteiger partial charge in [-0.3, -0.25) is 4.79 Å². The maximum absolute atomic E-state index is 13.0. The Bertz CT molecular complexity index is 940. The van der Waals surface area contributed by atoms with E-state index in [4.69, 9.17) is 4.52 Å². The van der Waals surface area contributed by atoms with Crippen molar-refractivity contribution in [3.8, 4) is 0 Å². The van der Waals surface area contributed by atoms with E-state index in [2.05, 4.69) is 41.1 Å². The summed E-state index contributed by atoms with van der Waals surface area (Å²) in [6.45, 7) is 7.33. The average Bonchev–Trinajstić information content (AvgIpc) is 3.21. The van der Waals surface area contributed by atoms with Crippen LogP contribution in [0.15, 0.2) is 22.7 Å². The Hall–Kier alpha value is -2.63. The van der Waals surface area contributed by atoms with E-state index in [-0.39, 0.29) is 11.8 Å². The monoisotopic (exact) mass is 338 g/mol. The number of aromatic nitrogens is 3. The van der Waals surface area contributed by atoms with Gasteiger partial charge >= 0.3 is 0 Å². The van der Waals surface area contributed by atoms with E-state index >= 15 is 0 Å². The Labute approximate surface area is 146 Å². The van der Waals surface area contributed by atoms with Gasteiger partial charge in [-0.25, -0.2) is 0 Å². The van der Waals surface area contributed by atoms with Crippen molar-refractivity contribution in [1.29, 1.82) is 0 Å². The van der Waals surface area contributed by atoms with E-state index in [0.29, 0.717) is 24.0 Å². The number of nitrogens with one attached hydrogen (secondary N) is 1. The van der Waals surface area contributed by atoms with Crippen LogP contribution in [0.1, 0.15) is 52.1 Å². The highest BCUT2D eigenvalue weighted by molar-refractivity contribution is 5.99. The van der Waals surface area contributed by atoms with Crippen LogP contribution in [0.25, 0.3) is 10.9 Å². The first-order valence-electron chi connectivity index (χ1n) is 8.70. The number of likely N-dealkylation sites (tertiary alicyclic amines) is 1. The minimum atomic E-state index is 0.0400. The first-order chi connectivity index (χ1) is 12.0. The zero-order valence-electron chi connectivity index (χ0n) is 14.8. The SMILES string of the molecule is Cc1cc(C)c2cc(C(=O)N3CCC[C@@H](c4noc(C)n4)C3)[nH]c2c1. The number of H-pyrrole nitrogens is 1. The van der Waals surface area contributed by atoms with Crippen LogP contribution >= 0.6 is 0 Å². The lowest BCUT2D eigenvalue weighted by atomic mass is 9.97. The third-order valence-electron chi connectivity index (χ3n) is 4.94. The predicted molar refractivity (Wildman–Crippen MR) is 94.7 cm³/mol. The molecule has 1 atom stereocenters. The van der Waals surface area contributed by atoms with Gasteiger partial charge in [0.05, 0.1) is 0 Å². The van der Waals surface area contributed by atoms with E-state index in [1.165, 1.54) is 11.1 Å². The number of hydrogen-bond acceptors (Lipinski definition) is 4. The molecule has 3 aromatic rings. The van der Waals surface area contributed by atoms with Gasteiger partial charge in [0.15, 0.2) is 5.82 Å². The highest BCUT2D eigenvalue weighted by atomic mass is 16.5. The van der Waals surface area contributed by atoms with E-state index in [1.807, 2.05) is 11.0 Å². The summed E-state index contributed by atoms with van der Waals surface area (Å²) >= 11 is 0. The number of piperidine rings is 1. The van der Waals surface area contributed by atoms with E-state index < -0.39 is 0 Å². The first-order valence-corrected chi connectivity index (χ1v) is 8.70. The molecule has 0 saturated carbocycles. The molecule has 2 aromatic heterocycles. The van der Waals surface area contributed by atoms with Gasteiger partial charge < -0.3 is 14.4 Å². The molecule has 0 radical (unpaired) electrons. The van der Waals surface area contributed by atoms with Crippen LogP contribution in [0, 0.1) is 20.8 Å². The quantitative estimate of drug-likeness (QED) is 0.776. The van der Waals surface area contributed by atoms with Gasteiger partial charge in [-0.05, 0) is 49.9 Å². The molecule has 0 bridgehead atoms. The minimum absolute atomic E-state index is 0.0400. The normalized spacial score (nSPS) is 18.0. The molecule has 1 amide bonds. The molecule has 25 heavy (non-hydrogen) atoms. The summed E-state index contributed by atoms with van der Waals surface area (Å²) in [5.74, 6) is 1.46. The van der Waals surface area contributed by atoms with Crippen LogP contribution in [0.3, 0.4) is 0 Å². The fourth-order valence-corrected chi connectivity index (χ4v) is 3.74. The zero-order valence-corrected chi connectivity index (χ0v) is 14.8. The minimum Gasteiger partial charge on any atom is -0.351 e. The standard InChI is InChI=1S/C19H22N4O2/c1-11-7-12(2)15-9-17(21-16(15)8-11)19(24)23-6-4-5-14(10-23)18-20-13(3)25-22-18/h7-9,14,21H,4-6,10H2,1-3H3/t14-/m1/s1. The van der Waals surface area contributed by atoms with Crippen LogP contribution in [0.4, 0.5) is 0 Å². The number of carbonyl (C=O) groups is 1. The molecule has 0 unspecified atom stereocenters. The second-order valence-electron chi connectivity index (χ2n) is 6.99. The third-order valence-corrected chi connectivity index (χ3v) is 4.94. The highest BCUT2D eigenvalue weighted by Crippen LogP contribution is 2.27. The number of benzene rings is 1. The summed E-state index contributed by atoms with van der Waals surface area (Å²) in [5, 5.41) is 5.14. The molecule has 1 fully saturated rings. The average molecular weight is 338 g/mol. The number of nitrogens with zero attached hydrogens (tertiary/aromatic N) is 3. The molecule has 0 aliphatic carbocycles. The van der Waals surface area contributed by atoms with Crippen LogP contribution in [-0.2, 0) is 0 Å². The molecule has 1 saturated heterocycles. The summed E-state index contributed by atoms with van der Waals surface area (Å²) < 4.78 is 5.09. The smallest absolute Gasteiger partial charge is 0.270 e. The Kier molecular flexibility index (Phi) is 3.82.